The number of rotatable bonds is 5. The lowest BCUT2D eigenvalue weighted by molar-refractivity contribution is 0.408. The number of ether oxygens (including phenoxy) is 1. The smallest absolute Gasteiger partial charge is 0.131 e. The van der Waals surface area contributed by atoms with E-state index in [0.717, 1.165) is 5.56 Å². The Morgan fingerprint density at radius 2 is 1.76 bits per heavy atom. The minimum Gasteiger partial charge on any atom is -0.497 e. The van der Waals surface area contributed by atoms with Crippen molar-refractivity contribution in [1.29, 1.82) is 0 Å². The molecule has 0 aliphatic rings. The largest absolute Gasteiger partial charge is 0.497 e. The summed E-state index contributed by atoms with van der Waals surface area (Å²) in [6.07, 6.45) is 0. The van der Waals surface area contributed by atoms with Crippen LogP contribution in [0.2, 0.25) is 0 Å². The Labute approximate surface area is 123 Å². The predicted molar refractivity (Wildman–Crippen MR) is 79.3 cm³/mol. The summed E-state index contributed by atoms with van der Waals surface area (Å²) < 4.78 is 32.2. The second kappa shape index (κ2) is 6.68. The Morgan fingerprint density at radius 3 is 2.38 bits per heavy atom. The van der Waals surface area contributed by atoms with Gasteiger partial charge in [-0.1, -0.05) is 18.2 Å². The lowest BCUT2D eigenvalue weighted by atomic mass is 10.0. The van der Waals surface area contributed by atoms with Crippen LogP contribution in [0.25, 0.3) is 0 Å². The van der Waals surface area contributed by atoms with Crippen LogP contribution in [0.5, 0.6) is 5.75 Å². The zero-order valence-electron chi connectivity index (χ0n) is 12.4. The quantitative estimate of drug-likeness (QED) is 0.882. The molecule has 0 heterocycles. The maximum atomic E-state index is 14.0. The van der Waals surface area contributed by atoms with Gasteiger partial charge in [0.25, 0.3) is 0 Å². The summed E-state index contributed by atoms with van der Waals surface area (Å²) in [4.78, 5) is 0. The molecule has 2 unspecified atom stereocenters. The molecule has 0 bridgehead atoms. The van der Waals surface area contributed by atoms with Crippen LogP contribution in [0.4, 0.5) is 8.78 Å². The molecule has 0 aliphatic heterocycles. The molecule has 1 N–H and O–H groups in total. The zero-order chi connectivity index (χ0) is 15.4. The molecule has 2 aromatic carbocycles. The Morgan fingerprint density at radius 1 is 1.00 bits per heavy atom. The summed E-state index contributed by atoms with van der Waals surface area (Å²) in [7, 11) is 1.50. The van der Waals surface area contributed by atoms with Crippen molar-refractivity contribution in [2.24, 2.45) is 0 Å². The fourth-order valence-corrected chi connectivity index (χ4v) is 2.32. The monoisotopic (exact) mass is 291 g/mol. The van der Waals surface area contributed by atoms with Crippen LogP contribution >= 0.6 is 0 Å². The minimum absolute atomic E-state index is 0.0859. The Balaban J connectivity index is 2.12. The molecule has 2 rings (SSSR count). The molecule has 2 atom stereocenters. The molecule has 0 spiro atoms. The maximum Gasteiger partial charge on any atom is 0.131 e. The van der Waals surface area contributed by atoms with Crippen LogP contribution in [0.3, 0.4) is 0 Å². The van der Waals surface area contributed by atoms with Crippen molar-refractivity contribution in [2.45, 2.75) is 25.9 Å². The van der Waals surface area contributed by atoms with Gasteiger partial charge in [-0.25, -0.2) is 8.78 Å². The minimum atomic E-state index is -0.319. The summed E-state index contributed by atoms with van der Waals surface area (Å²) in [5.41, 5.74) is 1.38. The highest BCUT2D eigenvalue weighted by Gasteiger charge is 2.15. The van der Waals surface area contributed by atoms with Crippen molar-refractivity contribution in [3.8, 4) is 5.75 Å². The van der Waals surface area contributed by atoms with Crippen molar-refractivity contribution in [2.75, 3.05) is 7.11 Å². The van der Waals surface area contributed by atoms with Crippen LogP contribution in [0.15, 0.2) is 42.5 Å². The standard InChI is InChI=1S/C17H19F2NO/c1-11(13-5-4-6-14(18)9-13)20-12(2)16-8-7-15(21-3)10-17(16)19/h4-12,20H,1-3H3. The Hall–Kier alpha value is -1.94. The molecule has 2 nitrogen and oxygen atoms in total. The number of benzene rings is 2. The average molecular weight is 291 g/mol. The topological polar surface area (TPSA) is 21.3 Å². The maximum absolute atomic E-state index is 14.0. The van der Waals surface area contributed by atoms with Crippen molar-refractivity contribution in [3.05, 3.63) is 65.2 Å². The number of hydrogen-bond acceptors (Lipinski definition) is 2. The second-order valence-corrected chi connectivity index (χ2v) is 5.05. The lowest BCUT2D eigenvalue weighted by Crippen LogP contribution is -2.23. The molecule has 0 amide bonds. The first-order valence-corrected chi connectivity index (χ1v) is 6.86. The van der Waals surface area contributed by atoms with E-state index in [1.54, 1.807) is 18.2 Å². The fraction of sp³-hybridized carbons (Fsp3) is 0.294. The summed E-state index contributed by atoms with van der Waals surface area (Å²) in [6.45, 7) is 3.80. The molecule has 0 radical (unpaired) electrons. The Bertz CT molecular complexity index is 615. The molecular formula is C17H19F2NO. The van der Waals surface area contributed by atoms with Crippen LogP contribution in [-0.4, -0.2) is 7.11 Å². The first kappa shape index (κ1) is 15.4. The van der Waals surface area contributed by atoms with Gasteiger partial charge in [-0.2, -0.15) is 0 Å². The van der Waals surface area contributed by atoms with Crippen LogP contribution in [0, 0.1) is 11.6 Å². The first-order valence-electron chi connectivity index (χ1n) is 6.86. The van der Waals surface area contributed by atoms with E-state index in [-0.39, 0.29) is 23.7 Å². The molecule has 4 heteroatoms. The second-order valence-electron chi connectivity index (χ2n) is 5.05. The third-order valence-corrected chi connectivity index (χ3v) is 3.52. The van der Waals surface area contributed by atoms with E-state index in [2.05, 4.69) is 5.32 Å². The highest BCUT2D eigenvalue weighted by Crippen LogP contribution is 2.24. The van der Waals surface area contributed by atoms with Gasteiger partial charge in [0.15, 0.2) is 0 Å². The van der Waals surface area contributed by atoms with Gasteiger partial charge in [-0.15, -0.1) is 0 Å². The van der Waals surface area contributed by atoms with Gasteiger partial charge in [0.2, 0.25) is 0 Å². The highest BCUT2D eigenvalue weighted by molar-refractivity contribution is 5.31. The number of methoxy groups -OCH3 is 1. The summed E-state index contributed by atoms with van der Waals surface area (Å²) in [5.74, 6) is -0.105. The van der Waals surface area contributed by atoms with E-state index in [1.807, 2.05) is 19.9 Å². The molecule has 0 saturated heterocycles. The Kier molecular flexibility index (Phi) is 4.91. The molecule has 0 aromatic heterocycles. The van der Waals surface area contributed by atoms with Crippen molar-refractivity contribution >= 4 is 0 Å². The summed E-state index contributed by atoms with van der Waals surface area (Å²) in [6, 6.07) is 10.9. The normalized spacial score (nSPS) is 13.8. The first-order chi connectivity index (χ1) is 10.0. The highest BCUT2D eigenvalue weighted by atomic mass is 19.1. The number of halogens is 2. The predicted octanol–water partition coefficient (Wildman–Crippen LogP) is 4.39. The van der Waals surface area contributed by atoms with Gasteiger partial charge >= 0.3 is 0 Å². The molecule has 21 heavy (non-hydrogen) atoms. The molecule has 0 saturated carbocycles. The van der Waals surface area contributed by atoms with Gasteiger partial charge in [0.05, 0.1) is 7.11 Å². The van der Waals surface area contributed by atoms with Gasteiger partial charge in [0, 0.05) is 23.7 Å². The van der Waals surface area contributed by atoms with E-state index < -0.39 is 0 Å². The molecular weight excluding hydrogens is 272 g/mol. The fourth-order valence-electron chi connectivity index (χ4n) is 2.32. The molecule has 112 valence electrons. The average Bonchev–Trinajstić information content (AvgIpc) is 2.46. The summed E-state index contributed by atoms with van der Waals surface area (Å²) >= 11 is 0. The van der Waals surface area contributed by atoms with Gasteiger partial charge in [-0.05, 0) is 37.6 Å². The third kappa shape index (κ3) is 3.79. The van der Waals surface area contributed by atoms with E-state index in [4.69, 9.17) is 4.74 Å². The zero-order valence-corrected chi connectivity index (χ0v) is 12.4. The van der Waals surface area contributed by atoms with Crippen LogP contribution in [-0.2, 0) is 0 Å². The molecule has 2 aromatic rings. The van der Waals surface area contributed by atoms with Crippen molar-refractivity contribution in [1.82, 2.24) is 5.32 Å². The third-order valence-electron chi connectivity index (χ3n) is 3.52. The molecule has 0 aliphatic carbocycles. The van der Waals surface area contributed by atoms with E-state index in [9.17, 15) is 8.78 Å². The van der Waals surface area contributed by atoms with E-state index in [0.29, 0.717) is 11.3 Å². The summed E-state index contributed by atoms with van der Waals surface area (Å²) in [5, 5.41) is 3.27. The number of hydrogen-bond donors (Lipinski definition) is 1. The van der Waals surface area contributed by atoms with E-state index >= 15 is 0 Å². The van der Waals surface area contributed by atoms with Crippen molar-refractivity contribution in [3.63, 3.8) is 0 Å². The van der Waals surface area contributed by atoms with Crippen molar-refractivity contribution < 1.29 is 13.5 Å². The van der Waals surface area contributed by atoms with Crippen LogP contribution in [0.1, 0.15) is 37.1 Å². The van der Waals surface area contributed by atoms with Gasteiger partial charge in [0.1, 0.15) is 17.4 Å². The van der Waals surface area contributed by atoms with Gasteiger partial charge < -0.3 is 10.1 Å². The SMILES string of the molecule is COc1ccc(C(C)NC(C)c2cccc(F)c2)c(F)c1. The lowest BCUT2D eigenvalue weighted by Gasteiger charge is -2.21. The van der Waals surface area contributed by atoms with Crippen LogP contribution < -0.4 is 10.1 Å². The number of nitrogens with one attached hydrogen (secondary N) is 1. The van der Waals surface area contributed by atoms with Gasteiger partial charge in [-0.3, -0.25) is 0 Å². The van der Waals surface area contributed by atoms with E-state index in [1.165, 1.54) is 25.3 Å². The molecule has 0 fully saturated rings.